The lowest BCUT2D eigenvalue weighted by Gasteiger charge is -2.61. The Balaban J connectivity index is 1.67. The van der Waals surface area contributed by atoms with Crippen LogP contribution in [0.4, 0.5) is 5.82 Å². The highest BCUT2D eigenvalue weighted by Crippen LogP contribution is 2.44. The number of nitrogens with zero attached hydrogens (tertiary/aromatic N) is 4. The Labute approximate surface area is 134 Å². The van der Waals surface area contributed by atoms with Crippen molar-refractivity contribution in [1.82, 2.24) is 19.9 Å². The maximum absolute atomic E-state index is 12.2. The van der Waals surface area contributed by atoms with Crippen LogP contribution in [0.1, 0.15) is 19.8 Å². The highest BCUT2D eigenvalue weighted by atomic mass is 16.2. The molecule has 4 heterocycles. The molecule has 0 aromatic carbocycles. The number of aromatic nitrogens is 3. The molecule has 3 N–H and O–H groups in total. The molecule has 7 heteroatoms. The number of nitrogens with one attached hydrogen (secondary N) is 1. The Morgan fingerprint density at radius 2 is 2.39 bits per heavy atom. The van der Waals surface area contributed by atoms with Crippen molar-refractivity contribution in [2.45, 2.75) is 25.3 Å². The van der Waals surface area contributed by atoms with Crippen LogP contribution >= 0.6 is 0 Å². The van der Waals surface area contributed by atoms with Gasteiger partial charge in [0.2, 0.25) is 5.91 Å². The number of anilines is 1. The number of rotatable bonds is 2. The van der Waals surface area contributed by atoms with Crippen molar-refractivity contribution in [2.24, 2.45) is 11.7 Å². The van der Waals surface area contributed by atoms with Crippen LogP contribution in [0.15, 0.2) is 18.6 Å². The lowest BCUT2D eigenvalue weighted by molar-refractivity contribution is -0.156. The fourth-order valence-corrected chi connectivity index (χ4v) is 4.22. The molecule has 2 unspecified atom stereocenters. The molecule has 0 radical (unpaired) electrons. The topological polar surface area (TPSA) is 91.1 Å². The van der Waals surface area contributed by atoms with E-state index >= 15 is 0 Å². The number of hydrogen-bond acceptors (Lipinski definition) is 5. The van der Waals surface area contributed by atoms with Crippen molar-refractivity contribution in [2.75, 3.05) is 31.1 Å². The quantitative estimate of drug-likeness (QED) is 0.853. The van der Waals surface area contributed by atoms with Gasteiger partial charge in [-0.15, -0.1) is 0 Å². The molecule has 2 aliphatic rings. The number of likely N-dealkylation sites (tertiary alicyclic amines) is 1. The number of fused-ring (bicyclic) bond motifs is 1. The Kier molecular flexibility index (Phi) is 3.26. The van der Waals surface area contributed by atoms with E-state index in [0.29, 0.717) is 5.92 Å². The minimum Gasteiger partial charge on any atom is -0.354 e. The van der Waals surface area contributed by atoms with Crippen molar-refractivity contribution in [3.8, 4) is 0 Å². The monoisotopic (exact) mass is 314 g/mol. The minimum absolute atomic E-state index is 0.0550. The summed E-state index contributed by atoms with van der Waals surface area (Å²) >= 11 is 0. The molecular formula is C16H22N6O. The second kappa shape index (κ2) is 5.19. The van der Waals surface area contributed by atoms with Gasteiger partial charge in [0.25, 0.3) is 0 Å². The molecule has 1 amide bonds. The molecule has 0 bridgehead atoms. The first-order chi connectivity index (χ1) is 11.2. The first-order valence-corrected chi connectivity index (χ1v) is 8.19. The summed E-state index contributed by atoms with van der Waals surface area (Å²) in [5.74, 6) is 1.50. The highest BCUT2D eigenvalue weighted by Gasteiger charge is 2.54. The van der Waals surface area contributed by atoms with Gasteiger partial charge in [-0.1, -0.05) is 6.92 Å². The van der Waals surface area contributed by atoms with Gasteiger partial charge in [-0.3, -0.25) is 4.79 Å². The molecule has 2 saturated heterocycles. The molecule has 7 nitrogen and oxygen atoms in total. The first-order valence-electron chi connectivity index (χ1n) is 8.19. The predicted molar refractivity (Wildman–Crippen MR) is 88.0 cm³/mol. The molecular weight excluding hydrogens is 292 g/mol. The first kappa shape index (κ1) is 14.4. The fraction of sp³-hybridized carbons (Fsp3) is 0.562. The van der Waals surface area contributed by atoms with Crippen LogP contribution in [0.2, 0.25) is 0 Å². The molecule has 2 aromatic heterocycles. The second-order valence-corrected chi connectivity index (χ2v) is 6.68. The number of piperidine rings is 1. The maximum Gasteiger partial charge on any atom is 0.236 e. The lowest BCUT2D eigenvalue weighted by atomic mass is 9.69. The molecule has 2 aliphatic heterocycles. The smallest absolute Gasteiger partial charge is 0.236 e. The molecule has 2 aromatic rings. The average Bonchev–Trinajstić information content (AvgIpc) is 3.07. The standard InChI is InChI=1S/C16H22N6O/c1-11-8-22(13(23)7-17)16(11)4-2-6-21(9-16)15-12-3-5-18-14(12)19-10-20-15/h3,5,10-11H,2,4,6-9,17H2,1H3,(H,18,19,20). The molecule has 4 rings (SSSR count). The van der Waals surface area contributed by atoms with Crippen molar-refractivity contribution < 1.29 is 4.79 Å². The van der Waals surface area contributed by atoms with Gasteiger partial charge in [0.05, 0.1) is 17.5 Å². The number of aromatic amines is 1. The van der Waals surface area contributed by atoms with E-state index in [2.05, 4.69) is 26.8 Å². The summed E-state index contributed by atoms with van der Waals surface area (Å²) in [6.07, 6.45) is 5.58. The van der Waals surface area contributed by atoms with Gasteiger partial charge < -0.3 is 20.5 Å². The van der Waals surface area contributed by atoms with Crippen molar-refractivity contribution in [3.05, 3.63) is 18.6 Å². The number of carbonyl (C=O) groups excluding carboxylic acids is 1. The van der Waals surface area contributed by atoms with Crippen molar-refractivity contribution in [1.29, 1.82) is 0 Å². The summed E-state index contributed by atoms with van der Waals surface area (Å²) in [6, 6.07) is 2.01. The zero-order valence-electron chi connectivity index (χ0n) is 13.3. The van der Waals surface area contributed by atoms with Crippen LogP contribution in [0, 0.1) is 5.92 Å². The van der Waals surface area contributed by atoms with Gasteiger partial charge in [-0.05, 0) is 24.8 Å². The summed E-state index contributed by atoms with van der Waals surface area (Å²) in [6.45, 7) is 4.90. The van der Waals surface area contributed by atoms with Gasteiger partial charge in [-0.2, -0.15) is 0 Å². The summed E-state index contributed by atoms with van der Waals surface area (Å²) in [5, 5.41) is 1.04. The average molecular weight is 314 g/mol. The highest BCUT2D eigenvalue weighted by molar-refractivity contribution is 5.87. The van der Waals surface area contributed by atoms with E-state index in [4.69, 9.17) is 5.73 Å². The zero-order valence-corrected chi connectivity index (χ0v) is 13.3. The SMILES string of the molecule is CC1CN(C(=O)CN)C12CCCN(c1ncnc3[nH]ccc13)C2. The minimum atomic E-state index is -0.0950. The van der Waals surface area contributed by atoms with E-state index < -0.39 is 0 Å². The van der Waals surface area contributed by atoms with Crippen molar-refractivity contribution >= 4 is 22.8 Å². The third-order valence-corrected chi connectivity index (χ3v) is 5.52. The summed E-state index contributed by atoms with van der Waals surface area (Å²) < 4.78 is 0. The van der Waals surface area contributed by atoms with Gasteiger partial charge in [0, 0.05) is 25.8 Å². The Hall–Kier alpha value is -2.15. The molecule has 2 atom stereocenters. The molecule has 0 saturated carbocycles. The maximum atomic E-state index is 12.2. The van der Waals surface area contributed by atoms with Gasteiger partial charge in [0.1, 0.15) is 17.8 Å². The molecule has 1 spiro atoms. The van der Waals surface area contributed by atoms with Crippen LogP contribution in [0.25, 0.3) is 11.0 Å². The van der Waals surface area contributed by atoms with Crippen LogP contribution in [-0.4, -0.2) is 57.5 Å². The number of nitrogens with two attached hydrogens (primary N) is 1. The number of amides is 1. The van der Waals surface area contributed by atoms with Crippen LogP contribution < -0.4 is 10.6 Å². The zero-order chi connectivity index (χ0) is 16.0. The van der Waals surface area contributed by atoms with E-state index in [1.807, 2.05) is 17.2 Å². The third-order valence-electron chi connectivity index (χ3n) is 5.52. The van der Waals surface area contributed by atoms with Crippen LogP contribution in [0.5, 0.6) is 0 Å². The summed E-state index contributed by atoms with van der Waals surface area (Å²) in [7, 11) is 0. The molecule has 122 valence electrons. The normalized spacial score (nSPS) is 27.5. The molecule has 0 aliphatic carbocycles. The van der Waals surface area contributed by atoms with Crippen LogP contribution in [-0.2, 0) is 4.79 Å². The number of H-pyrrole nitrogens is 1. The molecule has 2 fully saturated rings. The largest absolute Gasteiger partial charge is 0.354 e. The van der Waals surface area contributed by atoms with Crippen molar-refractivity contribution in [3.63, 3.8) is 0 Å². The van der Waals surface area contributed by atoms with Gasteiger partial charge >= 0.3 is 0 Å². The Bertz CT molecular complexity index is 743. The number of carbonyl (C=O) groups is 1. The second-order valence-electron chi connectivity index (χ2n) is 6.68. The van der Waals surface area contributed by atoms with Gasteiger partial charge in [-0.25, -0.2) is 9.97 Å². The van der Waals surface area contributed by atoms with E-state index in [-0.39, 0.29) is 18.0 Å². The molecule has 23 heavy (non-hydrogen) atoms. The summed E-state index contributed by atoms with van der Waals surface area (Å²) in [4.78, 5) is 28.4. The summed E-state index contributed by atoms with van der Waals surface area (Å²) in [5.41, 5.74) is 6.35. The lowest BCUT2D eigenvalue weighted by Crippen LogP contribution is -2.74. The van der Waals surface area contributed by atoms with E-state index in [1.165, 1.54) is 0 Å². The van der Waals surface area contributed by atoms with Gasteiger partial charge in [0.15, 0.2) is 0 Å². The Morgan fingerprint density at radius 3 is 3.17 bits per heavy atom. The third kappa shape index (κ3) is 2.03. The predicted octanol–water partition coefficient (Wildman–Crippen LogP) is 0.734. The van der Waals surface area contributed by atoms with E-state index in [9.17, 15) is 4.79 Å². The fourth-order valence-electron chi connectivity index (χ4n) is 4.22. The van der Waals surface area contributed by atoms with E-state index in [1.54, 1.807) is 6.33 Å². The Morgan fingerprint density at radius 1 is 1.52 bits per heavy atom. The number of hydrogen-bond donors (Lipinski definition) is 2. The van der Waals surface area contributed by atoms with E-state index in [0.717, 1.165) is 49.3 Å². The van der Waals surface area contributed by atoms with Crippen LogP contribution in [0.3, 0.4) is 0 Å².